The molecule has 0 aliphatic carbocycles. The summed E-state index contributed by atoms with van der Waals surface area (Å²) in [7, 11) is 3.89. The van der Waals surface area contributed by atoms with Crippen molar-refractivity contribution in [3.63, 3.8) is 0 Å². The number of hydrogen-bond donors (Lipinski definition) is 2. The summed E-state index contributed by atoms with van der Waals surface area (Å²) in [6, 6.07) is 8.00. The first kappa shape index (κ1) is 25.1. The van der Waals surface area contributed by atoms with Gasteiger partial charge in [0.25, 0.3) is 0 Å². The Morgan fingerprint density at radius 3 is 2.66 bits per heavy atom. The Morgan fingerprint density at radius 1 is 1.20 bits per heavy atom. The van der Waals surface area contributed by atoms with Gasteiger partial charge in [0.1, 0.15) is 30.0 Å². The molecule has 1 fully saturated rings. The average Bonchev–Trinajstić information content (AvgIpc) is 3.21. The minimum atomic E-state index is -0.592. The molecule has 188 valence electrons. The van der Waals surface area contributed by atoms with Crippen LogP contribution in [0, 0.1) is 20.8 Å². The molecule has 1 aliphatic rings. The SMILES string of the molecule is CNCC(O)COc1cccc(-c2nc(-c3c(C)noc3C)c(C)c(N(C)C3CCOCC3)n2)c1. The lowest BCUT2D eigenvalue weighted by atomic mass is 10.0. The normalized spacial score (nSPS) is 15.3. The van der Waals surface area contributed by atoms with E-state index in [2.05, 4.69) is 29.3 Å². The maximum atomic E-state index is 10.0. The number of likely N-dealkylation sites (N-methyl/N-ethyl adjacent to an activating group) is 1. The largest absolute Gasteiger partial charge is 0.491 e. The Hall–Kier alpha value is -3.01. The summed E-state index contributed by atoms with van der Waals surface area (Å²) >= 11 is 0. The first-order valence-corrected chi connectivity index (χ1v) is 12.1. The summed E-state index contributed by atoms with van der Waals surface area (Å²) in [6.07, 6.45) is 1.31. The zero-order chi connectivity index (χ0) is 24.9. The van der Waals surface area contributed by atoms with E-state index in [0.717, 1.165) is 65.7 Å². The minimum absolute atomic E-state index is 0.196. The molecular weight excluding hydrogens is 446 g/mol. The Bertz CT molecular complexity index is 1120. The van der Waals surface area contributed by atoms with E-state index < -0.39 is 6.10 Å². The smallest absolute Gasteiger partial charge is 0.162 e. The van der Waals surface area contributed by atoms with Gasteiger partial charge in [0.05, 0.1) is 17.0 Å². The van der Waals surface area contributed by atoms with Gasteiger partial charge in [-0.25, -0.2) is 9.97 Å². The van der Waals surface area contributed by atoms with Crippen LogP contribution in [0.1, 0.15) is 29.9 Å². The maximum Gasteiger partial charge on any atom is 0.162 e. The van der Waals surface area contributed by atoms with Gasteiger partial charge in [-0.3, -0.25) is 0 Å². The van der Waals surface area contributed by atoms with E-state index in [0.29, 0.717) is 24.2 Å². The fourth-order valence-electron chi connectivity index (χ4n) is 4.50. The molecule has 9 nitrogen and oxygen atoms in total. The first-order valence-electron chi connectivity index (χ1n) is 12.1. The summed E-state index contributed by atoms with van der Waals surface area (Å²) < 4.78 is 16.9. The minimum Gasteiger partial charge on any atom is -0.491 e. The van der Waals surface area contributed by atoms with E-state index in [1.54, 1.807) is 7.05 Å². The summed E-state index contributed by atoms with van der Waals surface area (Å²) in [6.45, 7) is 8.05. The van der Waals surface area contributed by atoms with Crippen LogP contribution in [0.15, 0.2) is 28.8 Å². The molecule has 3 aromatic rings. The van der Waals surface area contributed by atoms with Gasteiger partial charge in [0.15, 0.2) is 5.82 Å². The van der Waals surface area contributed by atoms with Crippen molar-refractivity contribution in [1.29, 1.82) is 0 Å². The molecule has 0 spiro atoms. The molecule has 1 unspecified atom stereocenters. The Labute approximate surface area is 206 Å². The quantitative estimate of drug-likeness (QED) is 0.476. The second-order valence-corrected chi connectivity index (χ2v) is 9.05. The molecule has 2 N–H and O–H groups in total. The number of nitrogens with one attached hydrogen (secondary N) is 1. The van der Waals surface area contributed by atoms with Crippen molar-refractivity contribution in [2.24, 2.45) is 0 Å². The summed E-state index contributed by atoms with van der Waals surface area (Å²) in [4.78, 5) is 12.3. The van der Waals surface area contributed by atoms with E-state index in [4.69, 9.17) is 24.0 Å². The monoisotopic (exact) mass is 481 g/mol. The third-order valence-electron chi connectivity index (χ3n) is 6.44. The Kier molecular flexibility index (Phi) is 8.00. The standard InChI is InChI=1S/C26H35N5O4/c1-16-24(23-17(2)30-35-18(23)3)28-25(29-26(16)31(5)20-9-11-33-12-10-20)19-7-6-8-22(13-19)34-15-21(32)14-27-4/h6-8,13,20-21,27,32H,9-12,14-15H2,1-5H3. The third kappa shape index (κ3) is 5.63. The van der Waals surface area contributed by atoms with Crippen LogP contribution >= 0.6 is 0 Å². The van der Waals surface area contributed by atoms with Crippen LogP contribution < -0.4 is 15.0 Å². The number of benzene rings is 1. The van der Waals surface area contributed by atoms with Gasteiger partial charge in [0, 0.05) is 44.0 Å². The topological polar surface area (TPSA) is 106 Å². The van der Waals surface area contributed by atoms with Crippen molar-refractivity contribution >= 4 is 5.82 Å². The number of aliphatic hydroxyl groups is 1. The highest BCUT2D eigenvalue weighted by molar-refractivity contribution is 5.75. The molecule has 0 bridgehead atoms. The average molecular weight is 482 g/mol. The highest BCUT2D eigenvalue weighted by atomic mass is 16.5. The van der Waals surface area contributed by atoms with Crippen LogP contribution in [0.3, 0.4) is 0 Å². The van der Waals surface area contributed by atoms with E-state index in [-0.39, 0.29) is 6.61 Å². The lowest BCUT2D eigenvalue weighted by Gasteiger charge is -2.33. The van der Waals surface area contributed by atoms with Crippen molar-refractivity contribution in [3.05, 3.63) is 41.3 Å². The molecule has 0 saturated carbocycles. The molecule has 0 amide bonds. The number of nitrogens with zero attached hydrogens (tertiary/aromatic N) is 4. The number of aromatic nitrogens is 3. The fourth-order valence-corrected chi connectivity index (χ4v) is 4.50. The predicted molar refractivity (Wildman–Crippen MR) is 135 cm³/mol. The van der Waals surface area contributed by atoms with Crippen molar-refractivity contribution < 1.29 is 19.1 Å². The van der Waals surface area contributed by atoms with Crippen molar-refractivity contribution in [2.75, 3.05) is 45.4 Å². The van der Waals surface area contributed by atoms with Gasteiger partial charge in [-0.2, -0.15) is 0 Å². The molecule has 4 rings (SSSR count). The zero-order valence-electron chi connectivity index (χ0n) is 21.2. The molecule has 9 heteroatoms. The van der Waals surface area contributed by atoms with Gasteiger partial charge >= 0.3 is 0 Å². The first-order chi connectivity index (χ1) is 16.9. The highest BCUT2D eigenvalue weighted by Gasteiger charge is 2.26. The summed E-state index contributed by atoms with van der Waals surface area (Å²) in [5, 5.41) is 17.1. The molecule has 3 heterocycles. The van der Waals surface area contributed by atoms with Crippen molar-refractivity contribution in [3.8, 4) is 28.4 Å². The van der Waals surface area contributed by atoms with E-state index in [9.17, 15) is 5.11 Å². The number of ether oxygens (including phenoxy) is 2. The van der Waals surface area contributed by atoms with Crippen molar-refractivity contribution in [1.82, 2.24) is 20.4 Å². The second-order valence-electron chi connectivity index (χ2n) is 9.05. The summed E-state index contributed by atoms with van der Waals surface area (Å²) in [5.74, 6) is 2.86. The molecule has 0 radical (unpaired) electrons. The van der Waals surface area contributed by atoms with E-state index in [1.807, 2.05) is 38.1 Å². The van der Waals surface area contributed by atoms with Gasteiger partial charge in [-0.1, -0.05) is 17.3 Å². The zero-order valence-corrected chi connectivity index (χ0v) is 21.2. The van der Waals surface area contributed by atoms with Crippen LogP contribution in [0.5, 0.6) is 5.75 Å². The van der Waals surface area contributed by atoms with Crippen LogP contribution in [0.4, 0.5) is 5.82 Å². The third-order valence-corrected chi connectivity index (χ3v) is 6.44. The number of anilines is 1. The Balaban J connectivity index is 1.76. The molecule has 1 aromatic carbocycles. The molecule has 1 atom stereocenters. The molecule has 35 heavy (non-hydrogen) atoms. The van der Waals surface area contributed by atoms with Crippen LogP contribution in [-0.4, -0.2) is 72.8 Å². The van der Waals surface area contributed by atoms with Gasteiger partial charge < -0.3 is 29.3 Å². The van der Waals surface area contributed by atoms with Crippen LogP contribution in [0.2, 0.25) is 0 Å². The van der Waals surface area contributed by atoms with E-state index >= 15 is 0 Å². The molecule has 2 aromatic heterocycles. The lowest BCUT2D eigenvalue weighted by Crippen LogP contribution is -2.37. The number of aliphatic hydroxyl groups excluding tert-OH is 1. The molecule has 1 saturated heterocycles. The lowest BCUT2D eigenvalue weighted by molar-refractivity contribution is 0.0853. The van der Waals surface area contributed by atoms with Crippen molar-refractivity contribution in [2.45, 2.75) is 45.8 Å². The summed E-state index contributed by atoms with van der Waals surface area (Å²) in [5.41, 5.74) is 4.33. The maximum absolute atomic E-state index is 10.0. The van der Waals surface area contributed by atoms with E-state index in [1.165, 1.54) is 0 Å². The highest BCUT2D eigenvalue weighted by Crippen LogP contribution is 2.35. The second kappa shape index (κ2) is 11.2. The molecule has 1 aliphatic heterocycles. The number of hydrogen-bond acceptors (Lipinski definition) is 9. The Morgan fingerprint density at radius 2 is 1.97 bits per heavy atom. The fraction of sp³-hybridized carbons (Fsp3) is 0.500. The number of aryl methyl sites for hydroxylation is 2. The number of rotatable bonds is 9. The van der Waals surface area contributed by atoms with Gasteiger partial charge in [-0.15, -0.1) is 0 Å². The van der Waals surface area contributed by atoms with Gasteiger partial charge in [0.2, 0.25) is 0 Å². The molecular formula is C26H35N5O4. The predicted octanol–water partition coefficient (Wildman–Crippen LogP) is 3.30. The van der Waals surface area contributed by atoms with Gasteiger partial charge in [-0.05, 0) is 52.8 Å². The van der Waals surface area contributed by atoms with Crippen LogP contribution in [0.25, 0.3) is 22.6 Å². The van der Waals surface area contributed by atoms with Crippen LogP contribution in [-0.2, 0) is 4.74 Å².